The molecule has 2 N–H and O–H groups in total. The molecular weight excluding hydrogens is 268 g/mol. The minimum absolute atomic E-state index is 0.385. The summed E-state index contributed by atoms with van der Waals surface area (Å²) in [5, 5.41) is 8.87. The lowest BCUT2D eigenvalue weighted by Gasteiger charge is -2.07. The van der Waals surface area contributed by atoms with Crippen LogP contribution in [0.15, 0.2) is 65.6 Å². The highest BCUT2D eigenvalue weighted by Gasteiger charge is 1.99. The standard InChI is InChI=1S/C15H12N4O2/c20-15-18-14(10-16-19-15)17-11-6-8-13(9-7-11)21-12-4-2-1-3-5-12/h1-10H,(H2,17,18,19,20). The van der Waals surface area contributed by atoms with Crippen LogP contribution in [0.3, 0.4) is 0 Å². The van der Waals surface area contributed by atoms with Crippen LogP contribution in [0, 0.1) is 0 Å². The summed E-state index contributed by atoms with van der Waals surface area (Å²) < 4.78 is 5.69. The van der Waals surface area contributed by atoms with Crippen molar-refractivity contribution in [2.75, 3.05) is 5.32 Å². The third kappa shape index (κ3) is 3.44. The molecule has 21 heavy (non-hydrogen) atoms. The summed E-state index contributed by atoms with van der Waals surface area (Å²) in [6.45, 7) is 0. The predicted molar refractivity (Wildman–Crippen MR) is 78.9 cm³/mol. The first-order valence-electron chi connectivity index (χ1n) is 6.31. The Kier molecular flexibility index (Phi) is 3.60. The van der Waals surface area contributed by atoms with Crippen LogP contribution >= 0.6 is 0 Å². The number of rotatable bonds is 4. The number of aromatic amines is 1. The van der Waals surface area contributed by atoms with Gasteiger partial charge in [0.15, 0.2) is 5.82 Å². The zero-order valence-corrected chi connectivity index (χ0v) is 11.0. The quantitative estimate of drug-likeness (QED) is 0.768. The van der Waals surface area contributed by atoms with Gasteiger partial charge in [-0.15, -0.1) is 0 Å². The summed E-state index contributed by atoms with van der Waals surface area (Å²) in [5.41, 5.74) is 0.291. The molecule has 0 saturated carbocycles. The van der Waals surface area contributed by atoms with E-state index in [0.29, 0.717) is 5.82 Å². The van der Waals surface area contributed by atoms with Crippen LogP contribution < -0.4 is 15.7 Å². The second-order valence-electron chi connectivity index (χ2n) is 4.24. The molecule has 0 spiro atoms. The molecule has 0 radical (unpaired) electrons. The molecule has 3 aromatic rings. The Morgan fingerprint density at radius 3 is 2.38 bits per heavy atom. The first kappa shape index (κ1) is 12.9. The Hall–Kier alpha value is -3.15. The molecule has 104 valence electrons. The van der Waals surface area contributed by atoms with Gasteiger partial charge in [-0.05, 0) is 36.4 Å². The lowest BCUT2D eigenvalue weighted by Crippen LogP contribution is -2.13. The van der Waals surface area contributed by atoms with Gasteiger partial charge in [-0.1, -0.05) is 18.2 Å². The van der Waals surface area contributed by atoms with Crippen LogP contribution in [0.4, 0.5) is 11.5 Å². The van der Waals surface area contributed by atoms with E-state index < -0.39 is 5.69 Å². The van der Waals surface area contributed by atoms with Gasteiger partial charge in [0.1, 0.15) is 11.5 Å². The second-order valence-corrected chi connectivity index (χ2v) is 4.24. The molecule has 0 fully saturated rings. The van der Waals surface area contributed by atoms with E-state index in [-0.39, 0.29) is 0 Å². The Balaban J connectivity index is 1.71. The van der Waals surface area contributed by atoms with Crippen molar-refractivity contribution in [2.45, 2.75) is 0 Å². The van der Waals surface area contributed by atoms with Crippen LogP contribution in [-0.2, 0) is 0 Å². The van der Waals surface area contributed by atoms with Gasteiger partial charge in [0.05, 0.1) is 6.20 Å². The van der Waals surface area contributed by atoms with Gasteiger partial charge in [-0.3, -0.25) is 0 Å². The number of para-hydroxylation sites is 1. The van der Waals surface area contributed by atoms with Gasteiger partial charge < -0.3 is 10.1 Å². The van der Waals surface area contributed by atoms with E-state index in [1.165, 1.54) is 6.20 Å². The fraction of sp³-hybridized carbons (Fsp3) is 0. The van der Waals surface area contributed by atoms with Crippen molar-refractivity contribution in [2.24, 2.45) is 0 Å². The third-order valence-corrected chi connectivity index (χ3v) is 2.67. The maximum atomic E-state index is 11.0. The van der Waals surface area contributed by atoms with Gasteiger partial charge in [0.25, 0.3) is 0 Å². The number of ether oxygens (including phenoxy) is 1. The van der Waals surface area contributed by atoms with Gasteiger partial charge in [0.2, 0.25) is 0 Å². The highest BCUT2D eigenvalue weighted by atomic mass is 16.5. The maximum Gasteiger partial charge on any atom is 0.363 e. The van der Waals surface area contributed by atoms with Crippen molar-refractivity contribution in [3.8, 4) is 11.5 Å². The van der Waals surface area contributed by atoms with Gasteiger partial charge in [-0.2, -0.15) is 10.1 Å². The fourth-order valence-electron chi connectivity index (χ4n) is 1.75. The number of hydrogen-bond acceptors (Lipinski definition) is 5. The molecule has 0 aliphatic carbocycles. The van der Waals surface area contributed by atoms with E-state index >= 15 is 0 Å². The number of anilines is 2. The van der Waals surface area contributed by atoms with E-state index in [2.05, 4.69) is 20.5 Å². The molecule has 0 aliphatic rings. The average molecular weight is 280 g/mol. The molecule has 0 atom stereocenters. The number of nitrogens with one attached hydrogen (secondary N) is 2. The Morgan fingerprint density at radius 2 is 1.67 bits per heavy atom. The lowest BCUT2D eigenvalue weighted by atomic mass is 10.3. The zero-order chi connectivity index (χ0) is 14.5. The highest BCUT2D eigenvalue weighted by molar-refractivity contribution is 5.56. The van der Waals surface area contributed by atoms with Gasteiger partial charge in [-0.25, -0.2) is 9.89 Å². The van der Waals surface area contributed by atoms with E-state index in [1.54, 1.807) is 0 Å². The van der Waals surface area contributed by atoms with Crippen LogP contribution in [0.5, 0.6) is 11.5 Å². The minimum atomic E-state index is -0.496. The van der Waals surface area contributed by atoms with Crippen LogP contribution in [0.25, 0.3) is 0 Å². The molecule has 0 unspecified atom stereocenters. The van der Waals surface area contributed by atoms with Crippen LogP contribution in [0.2, 0.25) is 0 Å². The molecule has 1 aromatic heterocycles. The molecule has 6 nitrogen and oxygen atoms in total. The third-order valence-electron chi connectivity index (χ3n) is 2.67. The Bertz CT molecular complexity index is 769. The second kappa shape index (κ2) is 5.87. The van der Waals surface area contributed by atoms with Crippen molar-refractivity contribution in [1.29, 1.82) is 0 Å². The normalized spacial score (nSPS) is 10.1. The van der Waals surface area contributed by atoms with Crippen LogP contribution in [-0.4, -0.2) is 15.2 Å². The lowest BCUT2D eigenvalue weighted by molar-refractivity contribution is 0.483. The number of nitrogens with zero attached hydrogens (tertiary/aromatic N) is 2. The monoisotopic (exact) mass is 280 g/mol. The summed E-state index contributed by atoms with van der Waals surface area (Å²) in [6, 6.07) is 16.9. The van der Waals surface area contributed by atoms with Crippen LogP contribution in [0.1, 0.15) is 0 Å². The molecule has 0 bridgehead atoms. The first-order chi connectivity index (χ1) is 10.3. The molecule has 0 amide bonds. The van der Waals surface area contributed by atoms with Crippen molar-refractivity contribution < 1.29 is 4.74 Å². The molecule has 1 heterocycles. The van der Waals surface area contributed by atoms with Crippen molar-refractivity contribution in [1.82, 2.24) is 15.2 Å². The van der Waals surface area contributed by atoms with Crippen molar-refractivity contribution >= 4 is 11.5 Å². The molecule has 0 aliphatic heterocycles. The van der Waals surface area contributed by atoms with Gasteiger partial charge in [0, 0.05) is 5.69 Å². The molecular formula is C15H12N4O2. The number of H-pyrrole nitrogens is 1. The van der Waals surface area contributed by atoms with E-state index in [1.807, 2.05) is 54.6 Å². The summed E-state index contributed by atoms with van der Waals surface area (Å²) in [4.78, 5) is 14.8. The number of benzene rings is 2. The summed E-state index contributed by atoms with van der Waals surface area (Å²) >= 11 is 0. The molecule has 2 aromatic carbocycles. The van der Waals surface area contributed by atoms with E-state index in [4.69, 9.17) is 4.74 Å². The largest absolute Gasteiger partial charge is 0.457 e. The minimum Gasteiger partial charge on any atom is -0.457 e. The zero-order valence-electron chi connectivity index (χ0n) is 11.0. The first-order valence-corrected chi connectivity index (χ1v) is 6.31. The van der Waals surface area contributed by atoms with Crippen molar-refractivity contribution in [3.05, 3.63) is 71.3 Å². The fourth-order valence-corrected chi connectivity index (χ4v) is 1.75. The average Bonchev–Trinajstić information content (AvgIpc) is 2.50. The SMILES string of the molecule is O=c1nc(Nc2ccc(Oc3ccccc3)cc2)cn[nH]1. The molecule has 3 rings (SSSR count). The smallest absolute Gasteiger partial charge is 0.363 e. The van der Waals surface area contributed by atoms with Gasteiger partial charge >= 0.3 is 5.69 Å². The summed E-state index contributed by atoms with van der Waals surface area (Å²) in [6.07, 6.45) is 1.44. The predicted octanol–water partition coefficient (Wildman–Crippen LogP) is 2.70. The number of aromatic nitrogens is 3. The van der Waals surface area contributed by atoms with E-state index in [9.17, 15) is 4.79 Å². The topological polar surface area (TPSA) is 79.9 Å². The Labute approximate surface area is 120 Å². The highest BCUT2D eigenvalue weighted by Crippen LogP contribution is 2.23. The van der Waals surface area contributed by atoms with Crippen molar-refractivity contribution in [3.63, 3.8) is 0 Å². The Morgan fingerprint density at radius 1 is 0.952 bits per heavy atom. The molecule has 6 heteroatoms. The maximum absolute atomic E-state index is 11.0. The molecule has 0 saturated heterocycles. The summed E-state index contributed by atoms with van der Waals surface area (Å²) in [7, 11) is 0. The van der Waals surface area contributed by atoms with E-state index in [0.717, 1.165) is 17.2 Å². The summed E-state index contributed by atoms with van der Waals surface area (Å²) in [5.74, 6) is 1.89. The number of hydrogen-bond donors (Lipinski definition) is 2.